The van der Waals surface area contributed by atoms with Gasteiger partial charge >= 0.3 is 6.09 Å². The van der Waals surface area contributed by atoms with Gasteiger partial charge in [-0.2, -0.15) is 0 Å². The summed E-state index contributed by atoms with van der Waals surface area (Å²) in [6, 6.07) is 8.25. The van der Waals surface area contributed by atoms with Crippen LogP contribution >= 0.6 is 0 Å². The average molecular weight is 291 g/mol. The summed E-state index contributed by atoms with van der Waals surface area (Å²) in [6.45, 7) is 9.20. The van der Waals surface area contributed by atoms with Crippen molar-refractivity contribution in [2.45, 2.75) is 32.9 Å². The molecule has 21 heavy (non-hydrogen) atoms. The standard InChI is InChI=1S/C16H25N3O2/c1-16(2,3)21-15(20)19-9-7-18(8-10-19)14-6-4-5-13(11-14)12-17/h4-6,11H,7-10,12,17H2,1-3H3. The predicted molar refractivity (Wildman–Crippen MR) is 84.4 cm³/mol. The van der Waals surface area contributed by atoms with Crippen LogP contribution in [0.1, 0.15) is 26.3 Å². The molecule has 116 valence electrons. The molecule has 1 saturated heterocycles. The van der Waals surface area contributed by atoms with Gasteiger partial charge in [0.2, 0.25) is 0 Å². The fraction of sp³-hybridized carbons (Fsp3) is 0.562. The summed E-state index contributed by atoms with van der Waals surface area (Å²) >= 11 is 0. The Balaban J connectivity index is 1.92. The number of nitrogens with zero attached hydrogens (tertiary/aromatic N) is 2. The van der Waals surface area contributed by atoms with Crippen LogP contribution in [0, 0.1) is 0 Å². The average Bonchev–Trinajstić information content (AvgIpc) is 2.46. The van der Waals surface area contributed by atoms with Crippen molar-refractivity contribution in [3.8, 4) is 0 Å². The van der Waals surface area contributed by atoms with Gasteiger partial charge in [0.1, 0.15) is 5.60 Å². The minimum absolute atomic E-state index is 0.224. The third-order valence-corrected chi connectivity index (χ3v) is 3.44. The summed E-state index contributed by atoms with van der Waals surface area (Å²) in [5.74, 6) is 0. The van der Waals surface area contributed by atoms with E-state index in [9.17, 15) is 4.79 Å². The van der Waals surface area contributed by atoms with E-state index in [-0.39, 0.29) is 6.09 Å². The summed E-state index contributed by atoms with van der Waals surface area (Å²) in [4.78, 5) is 16.1. The van der Waals surface area contributed by atoms with Gasteiger partial charge in [-0.3, -0.25) is 0 Å². The lowest BCUT2D eigenvalue weighted by atomic mass is 10.1. The third-order valence-electron chi connectivity index (χ3n) is 3.44. The summed E-state index contributed by atoms with van der Waals surface area (Å²) in [5.41, 5.74) is 7.54. The zero-order chi connectivity index (χ0) is 15.5. The molecule has 5 heteroatoms. The van der Waals surface area contributed by atoms with Crippen LogP contribution in [0.25, 0.3) is 0 Å². The Labute approximate surface area is 126 Å². The molecule has 0 bridgehead atoms. The van der Waals surface area contributed by atoms with Gasteiger partial charge < -0.3 is 20.3 Å². The maximum atomic E-state index is 12.0. The number of benzene rings is 1. The van der Waals surface area contributed by atoms with Gasteiger partial charge in [-0.15, -0.1) is 0 Å². The van der Waals surface area contributed by atoms with E-state index in [1.807, 2.05) is 32.9 Å². The summed E-state index contributed by atoms with van der Waals surface area (Å²) in [6.07, 6.45) is -0.224. The highest BCUT2D eigenvalue weighted by molar-refractivity contribution is 5.68. The van der Waals surface area contributed by atoms with Crippen molar-refractivity contribution >= 4 is 11.8 Å². The van der Waals surface area contributed by atoms with Crippen LogP contribution in [0.3, 0.4) is 0 Å². The van der Waals surface area contributed by atoms with Gasteiger partial charge in [0.15, 0.2) is 0 Å². The second-order valence-electron chi connectivity index (χ2n) is 6.33. The Hall–Kier alpha value is -1.75. The fourth-order valence-corrected chi connectivity index (χ4v) is 2.35. The van der Waals surface area contributed by atoms with Gasteiger partial charge in [-0.1, -0.05) is 12.1 Å². The molecule has 0 aromatic heterocycles. The second kappa shape index (κ2) is 6.35. The molecule has 0 radical (unpaired) electrons. The Kier molecular flexibility index (Phi) is 4.73. The van der Waals surface area contributed by atoms with Crippen molar-refractivity contribution in [3.05, 3.63) is 29.8 Å². The summed E-state index contributed by atoms with van der Waals surface area (Å²) < 4.78 is 5.41. The quantitative estimate of drug-likeness (QED) is 0.907. The Morgan fingerprint density at radius 3 is 2.48 bits per heavy atom. The fourth-order valence-electron chi connectivity index (χ4n) is 2.35. The highest BCUT2D eigenvalue weighted by Crippen LogP contribution is 2.19. The highest BCUT2D eigenvalue weighted by Gasteiger charge is 2.25. The maximum absolute atomic E-state index is 12.0. The largest absolute Gasteiger partial charge is 0.444 e. The first-order valence-corrected chi connectivity index (χ1v) is 7.41. The first kappa shape index (κ1) is 15.6. The predicted octanol–water partition coefficient (Wildman–Crippen LogP) is 2.20. The van der Waals surface area contributed by atoms with Crippen LogP contribution in [-0.2, 0) is 11.3 Å². The molecule has 1 heterocycles. The number of hydrogen-bond donors (Lipinski definition) is 1. The molecule has 0 aliphatic carbocycles. The number of carbonyl (C=O) groups is 1. The van der Waals surface area contributed by atoms with E-state index in [0.29, 0.717) is 19.6 Å². The zero-order valence-corrected chi connectivity index (χ0v) is 13.1. The van der Waals surface area contributed by atoms with Crippen molar-refractivity contribution in [2.24, 2.45) is 5.73 Å². The molecule has 0 spiro atoms. The van der Waals surface area contributed by atoms with Crippen LogP contribution in [0.4, 0.5) is 10.5 Å². The normalized spacial score (nSPS) is 16.0. The van der Waals surface area contributed by atoms with E-state index < -0.39 is 5.60 Å². The van der Waals surface area contributed by atoms with E-state index in [4.69, 9.17) is 10.5 Å². The summed E-state index contributed by atoms with van der Waals surface area (Å²) in [7, 11) is 0. The van der Waals surface area contributed by atoms with E-state index >= 15 is 0 Å². The Morgan fingerprint density at radius 2 is 1.90 bits per heavy atom. The molecule has 1 fully saturated rings. The van der Waals surface area contributed by atoms with E-state index in [1.54, 1.807) is 4.90 Å². The molecule has 1 amide bonds. The first-order chi connectivity index (χ1) is 9.89. The molecule has 1 aliphatic heterocycles. The molecule has 1 aromatic rings. The van der Waals surface area contributed by atoms with Crippen molar-refractivity contribution < 1.29 is 9.53 Å². The van der Waals surface area contributed by atoms with Crippen LogP contribution in [-0.4, -0.2) is 42.8 Å². The minimum atomic E-state index is -0.441. The molecule has 2 N–H and O–H groups in total. The van der Waals surface area contributed by atoms with Gasteiger partial charge in [-0.05, 0) is 38.5 Å². The molecule has 0 unspecified atom stereocenters. The zero-order valence-electron chi connectivity index (χ0n) is 13.1. The molecule has 0 saturated carbocycles. The topological polar surface area (TPSA) is 58.8 Å². The molecular weight excluding hydrogens is 266 g/mol. The van der Waals surface area contributed by atoms with E-state index in [2.05, 4.69) is 17.0 Å². The second-order valence-corrected chi connectivity index (χ2v) is 6.33. The van der Waals surface area contributed by atoms with Crippen LogP contribution in [0.15, 0.2) is 24.3 Å². The van der Waals surface area contributed by atoms with E-state index in [1.165, 1.54) is 5.69 Å². The number of anilines is 1. The molecule has 1 aromatic carbocycles. The number of hydrogen-bond acceptors (Lipinski definition) is 4. The third kappa shape index (κ3) is 4.36. The van der Waals surface area contributed by atoms with Crippen molar-refractivity contribution in [3.63, 3.8) is 0 Å². The summed E-state index contributed by atoms with van der Waals surface area (Å²) in [5, 5.41) is 0. The maximum Gasteiger partial charge on any atom is 0.410 e. The number of piperazine rings is 1. The Morgan fingerprint density at radius 1 is 1.24 bits per heavy atom. The molecule has 1 aliphatic rings. The Bertz CT molecular complexity index is 489. The highest BCUT2D eigenvalue weighted by atomic mass is 16.6. The lowest BCUT2D eigenvalue weighted by Gasteiger charge is -2.36. The molecular formula is C16H25N3O2. The number of carbonyl (C=O) groups excluding carboxylic acids is 1. The van der Waals surface area contributed by atoms with Crippen LogP contribution in [0.2, 0.25) is 0 Å². The lowest BCUT2D eigenvalue weighted by molar-refractivity contribution is 0.0240. The lowest BCUT2D eigenvalue weighted by Crippen LogP contribution is -2.50. The number of ether oxygens (including phenoxy) is 1. The smallest absolute Gasteiger partial charge is 0.410 e. The van der Waals surface area contributed by atoms with Crippen LogP contribution in [0.5, 0.6) is 0 Å². The van der Waals surface area contributed by atoms with Crippen LogP contribution < -0.4 is 10.6 Å². The SMILES string of the molecule is CC(C)(C)OC(=O)N1CCN(c2cccc(CN)c2)CC1. The first-order valence-electron chi connectivity index (χ1n) is 7.41. The van der Waals surface area contributed by atoms with Crippen molar-refractivity contribution in [1.29, 1.82) is 0 Å². The monoisotopic (exact) mass is 291 g/mol. The van der Waals surface area contributed by atoms with Crippen molar-refractivity contribution in [2.75, 3.05) is 31.1 Å². The van der Waals surface area contributed by atoms with Gasteiger partial charge in [0, 0.05) is 38.4 Å². The van der Waals surface area contributed by atoms with Crippen molar-refractivity contribution in [1.82, 2.24) is 4.90 Å². The van der Waals surface area contributed by atoms with Gasteiger partial charge in [0.25, 0.3) is 0 Å². The molecule has 0 atom stereocenters. The molecule has 5 nitrogen and oxygen atoms in total. The minimum Gasteiger partial charge on any atom is -0.444 e. The number of nitrogens with two attached hydrogens (primary N) is 1. The van der Waals surface area contributed by atoms with Gasteiger partial charge in [0.05, 0.1) is 0 Å². The number of amides is 1. The molecule has 2 rings (SSSR count). The number of rotatable bonds is 2. The van der Waals surface area contributed by atoms with Gasteiger partial charge in [-0.25, -0.2) is 4.79 Å². The van der Waals surface area contributed by atoms with E-state index in [0.717, 1.165) is 18.7 Å².